The van der Waals surface area contributed by atoms with Crippen molar-refractivity contribution in [2.24, 2.45) is 0 Å². The molecule has 0 aliphatic heterocycles. The highest BCUT2D eigenvalue weighted by molar-refractivity contribution is 5.71. The lowest BCUT2D eigenvalue weighted by atomic mass is 10.0. The van der Waals surface area contributed by atoms with E-state index in [-0.39, 0.29) is 31.1 Å². The summed E-state index contributed by atoms with van der Waals surface area (Å²) in [4.78, 5) is 37.8. The quantitative estimate of drug-likeness (QED) is 0.0264. The number of carbonyl (C=O) groups is 3. The van der Waals surface area contributed by atoms with Crippen molar-refractivity contribution < 1.29 is 28.6 Å². The largest absolute Gasteiger partial charge is 0.462 e. The van der Waals surface area contributed by atoms with Crippen molar-refractivity contribution in [2.45, 2.75) is 252 Å². The van der Waals surface area contributed by atoms with Crippen molar-refractivity contribution in [2.75, 3.05) is 13.2 Å². The van der Waals surface area contributed by atoms with Crippen LogP contribution in [0.15, 0.2) is 48.6 Å². The van der Waals surface area contributed by atoms with Gasteiger partial charge in [-0.05, 0) is 57.8 Å². The fourth-order valence-corrected chi connectivity index (χ4v) is 6.90. The highest BCUT2D eigenvalue weighted by Crippen LogP contribution is 2.15. The highest BCUT2D eigenvalue weighted by atomic mass is 16.6. The first-order chi connectivity index (χ1) is 28.5. The van der Waals surface area contributed by atoms with Gasteiger partial charge in [-0.2, -0.15) is 0 Å². The normalized spacial score (nSPS) is 12.4. The number of ether oxygens (including phenoxy) is 3. The third-order valence-electron chi connectivity index (χ3n) is 10.6. The zero-order chi connectivity index (χ0) is 42.3. The van der Waals surface area contributed by atoms with Crippen molar-refractivity contribution in [3.8, 4) is 0 Å². The Morgan fingerprint density at radius 2 is 0.672 bits per heavy atom. The number of unbranched alkanes of at least 4 members (excludes halogenated alkanes) is 25. The molecule has 0 heterocycles. The summed E-state index contributed by atoms with van der Waals surface area (Å²) >= 11 is 0. The first-order valence-electron chi connectivity index (χ1n) is 24.6. The molecule has 6 heteroatoms. The monoisotopic (exact) mass is 813 g/mol. The molecule has 0 N–H and O–H groups in total. The van der Waals surface area contributed by atoms with Crippen molar-refractivity contribution in [1.82, 2.24) is 0 Å². The van der Waals surface area contributed by atoms with Crippen LogP contribution in [0.25, 0.3) is 0 Å². The van der Waals surface area contributed by atoms with Crippen LogP contribution in [-0.4, -0.2) is 37.2 Å². The minimum atomic E-state index is -0.772. The Hall–Kier alpha value is -2.63. The third-order valence-corrected chi connectivity index (χ3v) is 10.6. The van der Waals surface area contributed by atoms with Gasteiger partial charge in [0.05, 0.1) is 0 Å². The van der Waals surface area contributed by atoms with E-state index in [0.717, 1.165) is 89.9 Å². The Labute approximate surface area is 358 Å². The first kappa shape index (κ1) is 55.4. The predicted molar refractivity (Wildman–Crippen MR) is 247 cm³/mol. The molecule has 0 spiro atoms. The Morgan fingerprint density at radius 3 is 1.05 bits per heavy atom. The Balaban J connectivity index is 4.30. The lowest BCUT2D eigenvalue weighted by Crippen LogP contribution is -2.30. The highest BCUT2D eigenvalue weighted by Gasteiger charge is 2.19. The van der Waals surface area contributed by atoms with Gasteiger partial charge in [0, 0.05) is 19.3 Å². The van der Waals surface area contributed by atoms with E-state index in [1.54, 1.807) is 0 Å². The van der Waals surface area contributed by atoms with Gasteiger partial charge in [0.15, 0.2) is 6.10 Å². The number of carbonyl (C=O) groups excluding carboxylic acids is 3. The predicted octanol–water partition coefficient (Wildman–Crippen LogP) is 15.9. The molecule has 1 unspecified atom stereocenters. The molecule has 336 valence electrons. The van der Waals surface area contributed by atoms with Crippen molar-refractivity contribution >= 4 is 17.9 Å². The summed E-state index contributed by atoms with van der Waals surface area (Å²) in [6, 6.07) is 0. The molecule has 0 fully saturated rings. The van der Waals surface area contributed by atoms with Gasteiger partial charge in [0.1, 0.15) is 13.2 Å². The molecule has 0 bridgehead atoms. The van der Waals surface area contributed by atoms with Crippen LogP contribution < -0.4 is 0 Å². The van der Waals surface area contributed by atoms with Crippen molar-refractivity contribution in [1.29, 1.82) is 0 Å². The number of rotatable bonds is 44. The van der Waals surface area contributed by atoms with Gasteiger partial charge in [-0.15, -0.1) is 0 Å². The molecule has 0 saturated carbocycles. The molecule has 58 heavy (non-hydrogen) atoms. The molecule has 0 aromatic carbocycles. The van der Waals surface area contributed by atoms with Gasteiger partial charge in [-0.3, -0.25) is 14.4 Å². The minimum absolute atomic E-state index is 0.0750. The van der Waals surface area contributed by atoms with Crippen molar-refractivity contribution in [3.05, 3.63) is 48.6 Å². The number of esters is 3. The summed E-state index contributed by atoms with van der Waals surface area (Å²) in [6.07, 6.45) is 55.3. The molecule has 0 aromatic rings. The minimum Gasteiger partial charge on any atom is -0.462 e. The van der Waals surface area contributed by atoms with Crippen LogP contribution in [0.5, 0.6) is 0 Å². The van der Waals surface area contributed by atoms with Gasteiger partial charge in [-0.25, -0.2) is 0 Å². The maximum atomic E-state index is 12.7. The summed E-state index contributed by atoms with van der Waals surface area (Å²) in [7, 11) is 0. The van der Waals surface area contributed by atoms with Crippen LogP contribution in [0.3, 0.4) is 0 Å². The van der Waals surface area contributed by atoms with E-state index in [4.69, 9.17) is 14.2 Å². The topological polar surface area (TPSA) is 78.9 Å². The van der Waals surface area contributed by atoms with E-state index in [1.807, 2.05) is 0 Å². The lowest BCUT2D eigenvalue weighted by molar-refractivity contribution is -0.167. The van der Waals surface area contributed by atoms with Crippen LogP contribution in [0.2, 0.25) is 0 Å². The molecular formula is C52H92O6. The lowest BCUT2D eigenvalue weighted by Gasteiger charge is -2.18. The second-order valence-corrected chi connectivity index (χ2v) is 16.4. The average molecular weight is 813 g/mol. The smallest absolute Gasteiger partial charge is 0.306 e. The van der Waals surface area contributed by atoms with Gasteiger partial charge in [0.25, 0.3) is 0 Å². The zero-order valence-electron chi connectivity index (χ0n) is 38.3. The Kier molecular flexibility index (Phi) is 44.9. The number of hydrogen-bond donors (Lipinski definition) is 0. The first-order valence-corrected chi connectivity index (χ1v) is 24.6. The Morgan fingerprint density at radius 1 is 0.362 bits per heavy atom. The molecule has 0 rings (SSSR count). The molecule has 0 saturated heterocycles. The van der Waals surface area contributed by atoms with Gasteiger partial charge < -0.3 is 14.2 Å². The summed E-state index contributed by atoms with van der Waals surface area (Å²) in [5.41, 5.74) is 0. The molecule has 0 radical (unpaired) electrons. The molecule has 1 atom stereocenters. The summed E-state index contributed by atoms with van der Waals surface area (Å²) in [5.74, 6) is -0.888. The molecule has 0 amide bonds. The van der Waals surface area contributed by atoms with E-state index in [2.05, 4.69) is 69.4 Å². The summed E-state index contributed by atoms with van der Waals surface area (Å²) in [5, 5.41) is 0. The molecule has 0 aliphatic rings. The van der Waals surface area contributed by atoms with E-state index >= 15 is 0 Å². The van der Waals surface area contributed by atoms with Gasteiger partial charge in [-0.1, -0.05) is 217 Å². The van der Waals surface area contributed by atoms with E-state index in [0.29, 0.717) is 19.3 Å². The SMILES string of the molecule is CC/C=C\C/C=C\C/C=C\C/C=C\CCCCCCCCC(=O)OCC(COC(=O)CCCCCCCCCC)OC(=O)CCCCCCCCCCCCCCC. The summed E-state index contributed by atoms with van der Waals surface area (Å²) < 4.78 is 16.7. The third kappa shape index (κ3) is 44.5. The van der Waals surface area contributed by atoms with Crippen LogP contribution >= 0.6 is 0 Å². The second kappa shape index (κ2) is 47.1. The average Bonchev–Trinajstić information content (AvgIpc) is 3.22. The fraction of sp³-hybridized carbons (Fsp3) is 0.788. The van der Waals surface area contributed by atoms with E-state index in [9.17, 15) is 14.4 Å². The standard InChI is InChI=1S/C52H92O6/c1-4-7-10-13-16-19-21-23-24-25-26-27-28-30-31-33-36-39-42-45-51(54)57-48-49(47-56-50(53)44-41-38-35-18-15-12-9-6-3)58-52(55)46-43-40-37-34-32-29-22-20-17-14-11-8-5-2/h7,10,16,19,23-24,26-27,49H,4-6,8-9,11-15,17-18,20-22,25,28-48H2,1-3H3/b10-7-,19-16-,24-23-,27-26-. The molecular weight excluding hydrogens is 721 g/mol. The van der Waals surface area contributed by atoms with Crippen molar-refractivity contribution in [3.63, 3.8) is 0 Å². The summed E-state index contributed by atoms with van der Waals surface area (Å²) in [6.45, 7) is 6.49. The number of hydrogen-bond acceptors (Lipinski definition) is 6. The van der Waals surface area contributed by atoms with Gasteiger partial charge in [0.2, 0.25) is 0 Å². The van der Waals surface area contributed by atoms with E-state index < -0.39 is 6.10 Å². The molecule has 0 aromatic heterocycles. The van der Waals surface area contributed by atoms with Crippen LogP contribution in [0, 0.1) is 0 Å². The van der Waals surface area contributed by atoms with Crippen LogP contribution in [-0.2, 0) is 28.6 Å². The second-order valence-electron chi connectivity index (χ2n) is 16.4. The number of allylic oxidation sites excluding steroid dienone is 8. The zero-order valence-corrected chi connectivity index (χ0v) is 38.3. The fourth-order valence-electron chi connectivity index (χ4n) is 6.90. The van der Waals surface area contributed by atoms with Crippen LogP contribution in [0.4, 0.5) is 0 Å². The molecule has 0 aliphatic carbocycles. The maximum absolute atomic E-state index is 12.7. The maximum Gasteiger partial charge on any atom is 0.306 e. The van der Waals surface area contributed by atoms with E-state index in [1.165, 1.54) is 116 Å². The van der Waals surface area contributed by atoms with Crippen LogP contribution in [0.1, 0.15) is 245 Å². The molecule has 6 nitrogen and oxygen atoms in total. The Bertz CT molecular complexity index is 1030. The van der Waals surface area contributed by atoms with Gasteiger partial charge >= 0.3 is 17.9 Å².